The average molecular weight is 341 g/mol. The summed E-state index contributed by atoms with van der Waals surface area (Å²) < 4.78 is 6.01. The lowest BCUT2D eigenvalue weighted by atomic mass is 9.91. The van der Waals surface area contributed by atoms with Gasteiger partial charge in [-0.15, -0.1) is 11.3 Å². The van der Waals surface area contributed by atoms with Crippen molar-refractivity contribution in [3.63, 3.8) is 0 Å². The van der Waals surface area contributed by atoms with E-state index in [1.54, 1.807) is 18.4 Å². The third-order valence-electron chi connectivity index (χ3n) is 3.42. The highest BCUT2D eigenvalue weighted by molar-refractivity contribution is 7.71. The number of hydrogen-bond acceptors (Lipinski definition) is 5. The van der Waals surface area contributed by atoms with E-state index in [4.69, 9.17) is 24.8 Å². The predicted molar refractivity (Wildman–Crippen MR) is 101 cm³/mol. The van der Waals surface area contributed by atoms with Crippen molar-refractivity contribution in [1.29, 1.82) is 0 Å². The molecule has 3 rings (SSSR count). The summed E-state index contributed by atoms with van der Waals surface area (Å²) in [6.07, 6.45) is 0. The Morgan fingerprint density at radius 3 is 2.87 bits per heavy atom. The SMILES string of the molecule is [B]c1c(OC)ccc2c(=S)cc(-c3csc(NC(C)C)n3)[nH]c12. The van der Waals surface area contributed by atoms with Crippen LogP contribution < -0.4 is 15.5 Å². The molecule has 0 aliphatic heterocycles. The van der Waals surface area contributed by atoms with E-state index in [1.807, 2.05) is 23.6 Å². The zero-order valence-electron chi connectivity index (χ0n) is 13.1. The fraction of sp³-hybridized carbons (Fsp3) is 0.250. The molecular formula is C16H16BN3OS2. The van der Waals surface area contributed by atoms with Crippen LogP contribution >= 0.6 is 23.6 Å². The van der Waals surface area contributed by atoms with Crippen LogP contribution in [0.25, 0.3) is 22.3 Å². The van der Waals surface area contributed by atoms with Crippen molar-refractivity contribution >= 4 is 52.9 Å². The molecule has 23 heavy (non-hydrogen) atoms. The number of pyridine rings is 1. The molecule has 0 aliphatic rings. The summed E-state index contributed by atoms with van der Waals surface area (Å²) in [5, 5.41) is 7.08. The summed E-state index contributed by atoms with van der Waals surface area (Å²) in [7, 11) is 7.78. The molecule has 0 bridgehead atoms. The van der Waals surface area contributed by atoms with Crippen LogP contribution in [0, 0.1) is 4.51 Å². The molecular weight excluding hydrogens is 325 g/mol. The van der Waals surface area contributed by atoms with Crippen molar-refractivity contribution in [1.82, 2.24) is 9.97 Å². The van der Waals surface area contributed by atoms with Crippen molar-refractivity contribution in [2.24, 2.45) is 0 Å². The van der Waals surface area contributed by atoms with E-state index in [0.29, 0.717) is 17.3 Å². The number of aromatic nitrogens is 2. The Morgan fingerprint density at radius 2 is 2.17 bits per heavy atom. The average Bonchev–Trinajstić information content (AvgIpc) is 2.96. The smallest absolute Gasteiger partial charge is 0.183 e. The normalized spacial score (nSPS) is 11.1. The van der Waals surface area contributed by atoms with Crippen molar-refractivity contribution in [3.8, 4) is 17.1 Å². The van der Waals surface area contributed by atoms with Crippen molar-refractivity contribution in [3.05, 3.63) is 28.1 Å². The molecule has 1 aromatic carbocycles. The van der Waals surface area contributed by atoms with E-state index in [1.165, 1.54) is 0 Å². The van der Waals surface area contributed by atoms with E-state index in [2.05, 4.69) is 29.1 Å². The first-order valence-corrected chi connectivity index (χ1v) is 8.50. The maximum atomic E-state index is 6.18. The molecule has 116 valence electrons. The van der Waals surface area contributed by atoms with Gasteiger partial charge in [-0.05, 0) is 37.5 Å². The Morgan fingerprint density at radius 1 is 1.39 bits per heavy atom. The molecule has 0 unspecified atom stereocenters. The lowest BCUT2D eigenvalue weighted by Crippen LogP contribution is -2.10. The van der Waals surface area contributed by atoms with Gasteiger partial charge in [0.05, 0.1) is 18.5 Å². The molecule has 2 N–H and O–H groups in total. The van der Waals surface area contributed by atoms with Gasteiger partial charge < -0.3 is 15.0 Å². The Hall–Kier alpha value is -1.86. The zero-order chi connectivity index (χ0) is 16.6. The number of ether oxygens (including phenoxy) is 1. The van der Waals surface area contributed by atoms with Gasteiger partial charge in [0.15, 0.2) is 5.13 Å². The molecule has 0 fully saturated rings. The molecule has 0 amide bonds. The summed E-state index contributed by atoms with van der Waals surface area (Å²) in [6, 6.07) is 6.00. The van der Waals surface area contributed by atoms with E-state index in [9.17, 15) is 0 Å². The van der Waals surface area contributed by atoms with E-state index in [0.717, 1.165) is 31.9 Å². The van der Waals surface area contributed by atoms with Gasteiger partial charge in [0.1, 0.15) is 13.6 Å². The monoisotopic (exact) mass is 341 g/mol. The van der Waals surface area contributed by atoms with Gasteiger partial charge in [0.25, 0.3) is 0 Å². The number of nitrogens with one attached hydrogen (secondary N) is 2. The largest absolute Gasteiger partial charge is 0.497 e. The van der Waals surface area contributed by atoms with Crippen LogP contribution in [0.1, 0.15) is 13.8 Å². The van der Waals surface area contributed by atoms with Gasteiger partial charge in [-0.1, -0.05) is 12.2 Å². The van der Waals surface area contributed by atoms with Crippen molar-refractivity contribution < 1.29 is 4.74 Å². The summed E-state index contributed by atoms with van der Waals surface area (Å²) in [4.78, 5) is 7.94. The lowest BCUT2D eigenvalue weighted by molar-refractivity contribution is 0.418. The van der Waals surface area contributed by atoms with Crippen LogP contribution in [0.3, 0.4) is 0 Å². The Labute approximate surface area is 145 Å². The van der Waals surface area contributed by atoms with Gasteiger partial charge in [-0.3, -0.25) is 0 Å². The first-order valence-electron chi connectivity index (χ1n) is 7.21. The fourth-order valence-electron chi connectivity index (χ4n) is 2.35. The summed E-state index contributed by atoms with van der Waals surface area (Å²) in [5.74, 6) is 0.626. The molecule has 2 aromatic heterocycles. The van der Waals surface area contributed by atoms with Gasteiger partial charge in [-0.2, -0.15) is 0 Å². The van der Waals surface area contributed by atoms with Crippen LogP contribution in [-0.4, -0.2) is 31.0 Å². The number of hydrogen-bond donors (Lipinski definition) is 2. The molecule has 7 heteroatoms. The molecule has 0 aliphatic carbocycles. The van der Waals surface area contributed by atoms with Crippen molar-refractivity contribution in [2.75, 3.05) is 12.4 Å². The number of methoxy groups -OCH3 is 1. The summed E-state index contributed by atoms with van der Waals surface area (Å²) in [6.45, 7) is 4.16. The number of aromatic amines is 1. The van der Waals surface area contributed by atoms with Crippen LogP contribution in [0.15, 0.2) is 23.6 Å². The molecule has 0 saturated heterocycles. The second-order valence-electron chi connectivity index (χ2n) is 5.49. The van der Waals surface area contributed by atoms with Gasteiger partial charge >= 0.3 is 0 Å². The number of fused-ring (bicyclic) bond motifs is 1. The van der Waals surface area contributed by atoms with E-state index in [-0.39, 0.29) is 0 Å². The molecule has 0 saturated carbocycles. The maximum absolute atomic E-state index is 6.18. The zero-order valence-corrected chi connectivity index (χ0v) is 14.8. The molecule has 0 atom stereocenters. The Kier molecular flexibility index (Phi) is 4.41. The quantitative estimate of drug-likeness (QED) is 0.562. The number of rotatable bonds is 4. The van der Waals surface area contributed by atoms with Crippen molar-refractivity contribution in [2.45, 2.75) is 19.9 Å². The van der Waals surface area contributed by atoms with Crippen LogP contribution in [0.2, 0.25) is 0 Å². The summed E-state index contributed by atoms with van der Waals surface area (Å²) in [5.41, 5.74) is 3.01. The minimum absolute atomic E-state index is 0.337. The van der Waals surface area contributed by atoms with E-state index < -0.39 is 0 Å². The lowest BCUT2D eigenvalue weighted by Gasteiger charge is -2.10. The third-order valence-corrected chi connectivity index (χ3v) is 4.53. The standard InChI is InChI=1S/C16H16BN3OS2/c1-8(2)18-16-20-11(7-23-16)10-6-13(22)9-4-5-12(21-3)14(17)15(9)19-10/h4-8H,1-3H3,(H,18,20)(H,19,22). The van der Waals surface area contributed by atoms with Gasteiger partial charge in [0, 0.05) is 26.8 Å². The number of thiazole rings is 1. The van der Waals surface area contributed by atoms with Crippen LogP contribution in [0.4, 0.5) is 5.13 Å². The Bertz CT molecular complexity index is 917. The first-order chi connectivity index (χ1) is 11.0. The van der Waals surface area contributed by atoms with Gasteiger partial charge in [-0.25, -0.2) is 4.98 Å². The second kappa shape index (κ2) is 6.33. The molecule has 2 radical (unpaired) electrons. The van der Waals surface area contributed by atoms with E-state index >= 15 is 0 Å². The van der Waals surface area contributed by atoms with Crippen LogP contribution in [0.5, 0.6) is 5.75 Å². The minimum Gasteiger partial charge on any atom is -0.497 e. The minimum atomic E-state index is 0.337. The van der Waals surface area contributed by atoms with Gasteiger partial charge in [0.2, 0.25) is 0 Å². The first kappa shape index (κ1) is 16.0. The Balaban J connectivity index is 2.13. The maximum Gasteiger partial charge on any atom is 0.183 e. The predicted octanol–water partition coefficient (Wildman–Crippen LogP) is 3.64. The highest BCUT2D eigenvalue weighted by Gasteiger charge is 2.10. The third kappa shape index (κ3) is 3.11. The highest BCUT2D eigenvalue weighted by atomic mass is 32.1. The number of nitrogens with zero attached hydrogens (tertiary/aromatic N) is 1. The number of anilines is 1. The number of H-pyrrole nitrogens is 1. The molecule has 2 heterocycles. The fourth-order valence-corrected chi connectivity index (χ4v) is 3.49. The topological polar surface area (TPSA) is 49.9 Å². The summed E-state index contributed by atoms with van der Waals surface area (Å²) >= 11 is 7.06. The highest BCUT2D eigenvalue weighted by Crippen LogP contribution is 2.27. The molecule has 0 spiro atoms. The second-order valence-corrected chi connectivity index (χ2v) is 6.79. The van der Waals surface area contributed by atoms with Crippen LogP contribution in [-0.2, 0) is 0 Å². The molecule has 4 nitrogen and oxygen atoms in total. The number of benzene rings is 1. The molecule has 3 aromatic rings.